The fourth-order valence-electron chi connectivity index (χ4n) is 3.01. The Kier molecular flexibility index (Phi) is 2.79. The van der Waals surface area contributed by atoms with Crippen LogP contribution in [0, 0.1) is 11.8 Å². The van der Waals surface area contributed by atoms with Gasteiger partial charge in [0.05, 0.1) is 0 Å². The van der Waals surface area contributed by atoms with E-state index in [1.54, 1.807) is 0 Å². The fourth-order valence-corrected chi connectivity index (χ4v) is 3.01. The highest BCUT2D eigenvalue weighted by Gasteiger charge is 2.36. The van der Waals surface area contributed by atoms with E-state index < -0.39 is 0 Å². The van der Waals surface area contributed by atoms with E-state index in [0.717, 1.165) is 11.8 Å². The summed E-state index contributed by atoms with van der Waals surface area (Å²) in [5, 5.41) is 3.48. The van der Waals surface area contributed by atoms with Crippen molar-refractivity contribution in [2.45, 2.75) is 19.8 Å². The molecule has 1 aromatic rings. The monoisotopic (exact) mass is 231 g/mol. The van der Waals surface area contributed by atoms with Crippen molar-refractivity contribution in [3.8, 4) is 0 Å². The van der Waals surface area contributed by atoms with Crippen LogP contribution in [0.1, 0.15) is 25.3 Å². The zero-order chi connectivity index (χ0) is 11.8. The molecule has 2 unspecified atom stereocenters. The van der Waals surface area contributed by atoms with E-state index in [0.29, 0.717) is 5.92 Å². The van der Waals surface area contributed by atoms with Gasteiger partial charge in [0.2, 0.25) is 0 Å². The van der Waals surface area contributed by atoms with Crippen LogP contribution in [0.5, 0.6) is 0 Å². The van der Waals surface area contributed by atoms with E-state index in [4.69, 9.17) is 0 Å². The molecule has 0 saturated carbocycles. The molecule has 1 N–H and O–H groups in total. The number of hydrogen-bond donors (Lipinski definition) is 1. The summed E-state index contributed by atoms with van der Waals surface area (Å²) in [4.78, 5) is 7.00. The van der Waals surface area contributed by atoms with Gasteiger partial charge in [0.1, 0.15) is 5.82 Å². The highest BCUT2D eigenvalue weighted by molar-refractivity contribution is 5.43. The maximum Gasteiger partial charge on any atom is 0.128 e. The maximum atomic E-state index is 4.54. The molecular weight excluding hydrogens is 210 g/mol. The van der Waals surface area contributed by atoms with Gasteiger partial charge in [-0.25, -0.2) is 4.98 Å². The van der Waals surface area contributed by atoms with Gasteiger partial charge in [-0.05, 0) is 35.4 Å². The first kappa shape index (κ1) is 11.0. The molecule has 3 nitrogen and oxygen atoms in total. The number of nitrogens with zero attached hydrogens (tertiary/aromatic N) is 2. The largest absolute Gasteiger partial charge is 0.356 e. The van der Waals surface area contributed by atoms with E-state index in [-0.39, 0.29) is 0 Å². The van der Waals surface area contributed by atoms with Crippen molar-refractivity contribution < 1.29 is 0 Å². The van der Waals surface area contributed by atoms with Gasteiger partial charge in [-0.15, -0.1) is 0 Å². The minimum atomic E-state index is 0.584. The van der Waals surface area contributed by atoms with Crippen molar-refractivity contribution in [2.24, 2.45) is 11.8 Å². The normalized spacial score (nSPS) is 27.8. The average Bonchev–Trinajstić information content (AvgIpc) is 2.89. The molecule has 0 spiro atoms. The summed E-state index contributed by atoms with van der Waals surface area (Å²) in [6.07, 6.45) is 1.96. The third-order valence-electron chi connectivity index (χ3n) is 4.15. The molecule has 2 saturated heterocycles. The van der Waals surface area contributed by atoms with Gasteiger partial charge in [0.25, 0.3) is 0 Å². The summed E-state index contributed by atoms with van der Waals surface area (Å²) < 4.78 is 0. The van der Waals surface area contributed by atoms with Gasteiger partial charge in [-0.3, -0.25) is 0 Å². The SMILES string of the molecule is CC(C)c1ccnc(N2CC3CNCC3C2)c1. The molecule has 0 aromatic carbocycles. The topological polar surface area (TPSA) is 28.2 Å². The number of pyridine rings is 1. The third kappa shape index (κ3) is 2.04. The average molecular weight is 231 g/mol. The molecule has 1 aromatic heterocycles. The van der Waals surface area contributed by atoms with Crippen LogP contribution in [-0.2, 0) is 0 Å². The van der Waals surface area contributed by atoms with Crippen molar-refractivity contribution >= 4 is 5.82 Å². The number of rotatable bonds is 2. The predicted molar refractivity (Wildman–Crippen MR) is 70.4 cm³/mol. The molecule has 3 rings (SSSR count). The quantitative estimate of drug-likeness (QED) is 0.842. The van der Waals surface area contributed by atoms with Crippen LogP contribution in [0.4, 0.5) is 5.82 Å². The first-order chi connectivity index (χ1) is 8.24. The highest BCUT2D eigenvalue weighted by atomic mass is 15.2. The van der Waals surface area contributed by atoms with Crippen LogP contribution in [0.2, 0.25) is 0 Å². The lowest BCUT2D eigenvalue weighted by atomic mass is 10.0. The van der Waals surface area contributed by atoms with Crippen molar-refractivity contribution in [3.05, 3.63) is 23.9 Å². The second-order valence-corrected chi connectivity index (χ2v) is 5.69. The number of aromatic nitrogens is 1. The van der Waals surface area contributed by atoms with E-state index in [9.17, 15) is 0 Å². The number of fused-ring (bicyclic) bond motifs is 1. The molecule has 3 heterocycles. The molecule has 2 aliphatic rings. The Balaban J connectivity index is 1.78. The van der Waals surface area contributed by atoms with Crippen molar-refractivity contribution in [3.63, 3.8) is 0 Å². The number of anilines is 1. The van der Waals surface area contributed by atoms with E-state index in [1.807, 2.05) is 6.20 Å². The minimum Gasteiger partial charge on any atom is -0.356 e. The first-order valence-electron chi connectivity index (χ1n) is 6.65. The smallest absolute Gasteiger partial charge is 0.128 e. The summed E-state index contributed by atoms with van der Waals surface area (Å²) in [7, 11) is 0. The van der Waals surface area contributed by atoms with Gasteiger partial charge < -0.3 is 10.2 Å². The Morgan fingerprint density at radius 1 is 1.29 bits per heavy atom. The Morgan fingerprint density at radius 2 is 2.00 bits per heavy atom. The van der Waals surface area contributed by atoms with Crippen LogP contribution in [-0.4, -0.2) is 31.2 Å². The molecular formula is C14H21N3. The van der Waals surface area contributed by atoms with Crippen molar-refractivity contribution in [1.29, 1.82) is 0 Å². The summed E-state index contributed by atoms with van der Waals surface area (Å²) in [6.45, 7) is 9.19. The molecule has 17 heavy (non-hydrogen) atoms. The van der Waals surface area contributed by atoms with Crippen LogP contribution in [0.25, 0.3) is 0 Å². The van der Waals surface area contributed by atoms with Crippen LogP contribution >= 0.6 is 0 Å². The standard InChI is InChI=1S/C14H21N3/c1-10(2)11-3-4-16-14(5-11)17-8-12-6-15-7-13(12)9-17/h3-5,10,12-13,15H,6-9H2,1-2H3. The summed E-state index contributed by atoms with van der Waals surface area (Å²) >= 11 is 0. The van der Waals surface area contributed by atoms with Crippen LogP contribution in [0.3, 0.4) is 0 Å². The second kappa shape index (κ2) is 4.30. The third-order valence-corrected chi connectivity index (χ3v) is 4.15. The van der Waals surface area contributed by atoms with Crippen molar-refractivity contribution in [2.75, 3.05) is 31.1 Å². The lowest BCUT2D eigenvalue weighted by molar-refractivity contribution is 0.533. The van der Waals surface area contributed by atoms with E-state index in [1.165, 1.54) is 37.6 Å². The zero-order valence-corrected chi connectivity index (χ0v) is 10.7. The summed E-state index contributed by atoms with van der Waals surface area (Å²) in [5.41, 5.74) is 1.39. The predicted octanol–water partition coefficient (Wildman–Crippen LogP) is 1.86. The van der Waals surface area contributed by atoms with Gasteiger partial charge in [0.15, 0.2) is 0 Å². The molecule has 3 heteroatoms. The number of nitrogens with one attached hydrogen (secondary N) is 1. The van der Waals surface area contributed by atoms with E-state index >= 15 is 0 Å². The maximum absolute atomic E-state index is 4.54. The summed E-state index contributed by atoms with van der Waals surface area (Å²) in [6, 6.07) is 4.39. The molecule has 2 fully saturated rings. The Hall–Kier alpha value is -1.09. The molecule has 2 aliphatic heterocycles. The fraction of sp³-hybridized carbons (Fsp3) is 0.643. The molecule has 0 amide bonds. The molecule has 0 radical (unpaired) electrons. The van der Waals surface area contributed by atoms with Gasteiger partial charge in [-0.1, -0.05) is 13.8 Å². The lowest BCUT2D eigenvalue weighted by Gasteiger charge is -2.19. The Morgan fingerprint density at radius 3 is 2.65 bits per heavy atom. The van der Waals surface area contributed by atoms with Crippen molar-refractivity contribution in [1.82, 2.24) is 10.3 Å². The van der Waals surface area contributed by atoms with Gasteiger partial charge in [-0.2, -0.15) is 0 Å². The van der Waals surface area contributed by atoms with Crippen LogP contribution < -0.4 is 10.2 Å². The molecule has 92 valence electrons. The minimum absolute atomic E-state index is 0.584. The van der Waals surface area contributed by atoms with Crippen LogP contribution in [0.15, 0.2) is 18.3 Å². The van der Waals surface area contributed by atoms with Gasteiger partial charge >= 0.3 is 0 Å². The second-order valence-electron chi connectivity index (χ2n) is 5.69. The summed E-state index contributed by atoms with van der Waals surface area (Å²) in [5.74, 6) is 3.42. The first-order valence-corrected chi connectivity index (χ1v) is 6.65. The number of hydrogen-bond acceptors (Lipinski definition) is 3. The molecule has 2 atom stereocenters. The molecule has 0 bridgehead atoms. The van der Waals surface area contributed by atoms with E-state index in [2.05, 4.69) is 41.2 Å². The Bertz CT molecular complexity index is 390. The highest BCUT2D eigenvalue weighted by Crippen LogP contribution is 2.30. The lowest BCUT2D eigenvalue weighted by Crippen LogP contribution is -2.26. The zero-order valence-electron chi connectivity index (χ0n) is 10.7. The molecule has 0 aliphatic carbocycles. The Labute approximate surface area is 103 Å². The van der Waals surface area contributed by atoms with Gasteiger partial charge in [0, 0.05) is 32.4 Å².